The van der Waals surface area contributed by atoms with E-state index < -0.39 is 8.32 Å². The monoisotopic (exact) mass is 280 g/mol. The van der Waals surface area contributed by atoms with Crippen LogP contribution in [0.2, 0.25) is 11.1 Å². The Balaban J connectivity index is 3.17. The highest BCUT2D eigenvalue weighted by Crippen LogP contribution is 2.51. The lowest BCUT2D eigenvalue weighted by Crippen LogP contribution is -2.46. The van der Waals surface area contributed by atoms with E-state index >= 15 is 0 Å². The van der Waals surface area contributed by atoms with Gasteiger partial charge in [0, 0.05) is 6.10 Å². The van der Waals surface area contributed by atoms with Gasteiger partial charge in [-0.3, -0.25) is 4.79 Å². The van der Waals surface area contributed by atoms with E-state index in [1.807, 2.05) is 6.92 Å². The van der Waals surface area contributed by atoms with Gasteiger partial charge in [0.2, 0.25) is 8.32 Å². The fraction of sp³-hybridized carbons (Fsp3) is 0.688. The van der Waals surface area contributed by atoms with E-state index in [1.165, 1.54) is 5.20 Å². The zero-order chi connectivity index (χ0) is 14.5. The minimum Gasteiger partial charge on any atom is -0.409 e. The Morgan fingerprint density at radius 2 is 2.11 bits per heavy atom. The standard InChI is InChI=1S/C16H28O2Si/c1-6-8-12-19(16(3,4)5)15(10-11-17)13-14(18-19)9-7-2/h6,8,10-11,14H,7,9,12-13H2,1-5H3/b8-6-,15-10-/t14-,19+/m1/s1. The molecule has 0 spiro atoms. The lowest BCUT2D eigenvalue weighted by atomic mass is 10.1. The number of aldehydes is 1. The van der Waals surface area contributed by atoms with Crippen LogP contribution in [-0.4, -0.2) is 20.7 Å². The summed E-state index contributed by atoms with van der Waals surface area (Å²) >= 11 is 0. The zero-order valence-corrected chi connectivity index (χ0v) is 14.0. The first-order valence-electron chi connectivity index (χ1n) is 7.35. The summed E-state index contributed by atoms with van der Waals surface area (Å²) < 4.78 is 6.58. The number of carbonyl (C=O) groups excluding carboxylic acids is 1. The van der Waals surface area contributed by atoms with E-state index in [2.05, 4.69) is 39.8 Å². The van der Waals surface area contributed by atoms with Gasteiger partial charge in [-0.15, -0.1) is 0 Å². The molecular formula is C16H28O2Si. The van der Waals surface area contributed by atoms with Crippen LogP contribution in [0.15, 0.2) is 23.4 Å². The molecule has 0 aromatic rings. The summed E-state index contributed by atoms with van der Waals surface area (Å²) in [5.41, 5.74) is 0. The average molecular weight is 280 g/mol. The van der Waals surface area contributed by atoms with E-state index in [0.29, 0.717) is 6.10 Å². The van der Waals surface area contributed by atoms with Crippen molar-refractivity contribution in [3.8, 4) is 0 Å². The lowest BCUT2D eigenvalue weighted by molar-refractivity contribution is -0.104. The van der Waals surface area contributed by atoms with Crippen molar-refractivity contribution >= 4 is 14.6 Å². The SMILES string of the molecule is C/C=C\C[Si@]1(C(C)(C)C)O[C@H](CCC)C/C1=C/C=O. The van der Waals surface area contributed by atoms with Crippen LogP contribution in [0.25, 0.3) is 0 Å². The van der Waals surface area contributed by atoms with Crippen molar-refractivity contribution in [3.63, 3.8) is 0 Å². The molecule has 0 saturated carbocycles. The lowest BCUT2D eigenvalue weighted by Gasteiger charge is -2.39. The highest BCUT2D eigenvalue weighted by Gasteiger charge is 2.54. The summed E-state index contributed by atoms with van der Waals surface area (Å²) in [5, 5.41) is 1.41. The minimum atomic E-state index is -2.06. The summed E-state index contributed by atoms with van der Waals surface area (Å²) in [7, 11) is -2.06. The Morgan fingerprint density at radius 3 is 2.58 bits per heavy atom. The summed E-state index contributed by atoms with van der Waals surface area (Å²) in [6, 6.07) is 0.979. The van der Waals surface area contributed by atoms with Gasteiger partial charge in [0.1, 0.15) is 6.29 Å². The number of hydrogen-bond acceptors (Lipinski definition) is 2. The maximum atomic E-state index is 11.0. The summed E-state index contributed by atoms with van der Waals surface area (Å²) in [4.78, 5) is 11.0. The molecule has 0 aromatic carbocycles. The summed E-state index contributed by atoms with van der Waals surface area (Å²) in [6.45, 7) is 11.0. The van der Waals surface area contributed by atoms with Crippen LogP contribution in [0.3, 0.4) is 0 Å². The van der Waals surface area contributed by atoms with Gasteiger partial charge in [0.15, 0.2) is 0 Å². The molecule has 0 N–H and O–H groups in total. The Bertz CT molecular complexity index is 365. The molecule has 108 valence electrons. The number of carbonyl (C=O) groups is 1. The van der Waals surface area contributed by atoms with Crippen LogP contribution in [0, 0.1) is 0 Å². The Hall–Kier alpha value is -0.673. The smallest absolute Gasteiger partial charge is 0.229 e. The maximum Gasteiger partial charge on any atom is 0.229 e. The van der Waals surface area contributed by atoms with Crippen molar-refractivity contribution in [2.45, 2.75) is 71.1 Å². The molecule has 3 heteroatoms. The Kier molecular flexibility index (Phi) is 5.75. The van der Waals surface area contributed by atoms with Crippen molar-refractivity contribution in [1.29, 1.82) is 0 Å². The molecule has 0 radical (unpaired) electrons. The van der Waals surface area contributed by atoms with Crippen LogP contribution >= 0.6 is 0 Å². The van der Waals surface area contributed by atoms with Crippen molar-refractivity contribution in [2.24, 2.45) is 0 Å². The molecular weight excluding hydrogens is 252 g/mol. The fourth-order valence-corrected chi connectivity index (χ4v) is 7.68. The second kappa shape index (κ2) is 6.66. The molecule has 1 rings (SSSR count). The predicted octanol–water partition coefficient (Wildman–Crippen LogP) is 4.56. The topological polar surface area (TPSA) is 26.3 Å². The van der Waals surface area contributed by atoms with E-state index in [-0.39, 0.29) is 5.04 Å². The Labute approximate surface area is 119 Å². The quantitative estimate of drug-likeness (QED) is 0.319. The van der Waals surface area contributed by atoms with E-state index in [0.717, 1.165) is 31.6 Å². The van der Waals surface area contributed by atoms with Gasteiger partial charge in [0.25, 0.3) is 0 Å². The summed E-state index contributed by atoms with van der Waals surface area (Å²) in [6.07, 6.45) is 10.5. The van der Waals surface area contributed by atoms with Gasteiger partial charge in [-0.25, -0.2) is 0 Å². The van der Waals surface area contributed by atoms with Crippen LogP contribution < -0.4 is 0 Å². The number of allylic oxidation sites excluding steroid dienone is 3. The van der Waals surface area contributed by atoms with Gasteiger partial charge in [-0.1, -0.05) is 46.3 Å². The third-order valence-electron chi connectivity index (χ3n) is 4.07. The van der Waals surface area contributed by atoms with Crippen LogP contribution in [0.5, 0.6) is 0 Å². The molecule has 1 fully saturated rings. The highest BCUT2D eigenvalue weighted by molar-refractivity contribution is 6.84. The van der Waals surface area contributed by atoms with E-state index in [1.54, 1.807) is 6.08 Å². The van der Waals surface area contributed by atoms with Gasteiger partial charge in [-0.2, -0.15) is 0 Å². The van der Waals surface area contributed by atoms with E-state index in [4.69, 9.17) is 4.43 Å². The molecule has 1 heterocycles. The first kappa shape index (κ1) is 16.4. The first-order valence-corrected chi connectivity index (χ1v) is 9.46. The zero-order valence-electron chi connectivity index (χ0n) is 13.0. The molecule has 1 aliphatic heterocycles. The molecule has 0 aromatic heterocycles. The normalized spacial score (nSPS) is 30.4. The molecule has 19 heavy (non-hydrogen) atoms. The van der Waals surface area contributed by atoms with Crippen molar-refractivity contribution in [2.75, 3.05) is 0 Å². The van der Waals surface area contributed by atoms with E-state index in [9.17, 15) is 4.79 Å². The third-order valence-corrected chi connectivity index (χ3v) is 9.44. The fourth-order valence-electron chi connectivity index (χ4n) is 3.01. The third kappa shape index (κ3) is 3.45. The molecule has 2 atom stereocenters. The minimum absolute atomic E-state index is 0.115. The number of hydrogen-bond donors (Lipinski definition) is 0. The maximum absolute atomic E-state index is 11.0. The average Bonchev–Trinajstić information content (AvgIpc) is 2.66. The van der Waals surface area contributed by atoms with Crippen LogP contribution in [0.1, 0.15) is 53.9 Å². The molecule has 1 aliphatic rings. The van der Waals surface area contributed by atoms with Crippen molar-refractivity contribution in [1.82, 2.24) is 0 Å². The second-order valence-electron chi connectivity index (χ2n) is 6.41. The van der Waals surface area contributed by atoms with Gasteiger partial charge >= 0.3 is 0 Å². The van der Waals surface area contributed by atoms with Crippen molar-refractivity contribution in [3.05, 3.63) is 23.4 Å². The van der Waals surface area contributed by atoms with Crippen LogP contribution in [-0.2, 0) is 9.22 Å². The molecule has 2 nitrogen and oxygen atoms in total. The van der Waals surface area contributed by atoms with Gasteiger partial charge < -0.3 is 4.43 Å². The number of rotatable bonds is 5. The molecule has 0 unspecified atom stereocenters. The molecule has 0 amide bonds. The highest BCUT2D eigenvalue weighted by atomic mass is 28.4. The Morgan fingerprint density at radius 1 is 1.42 bits per heavy atom. The molecule has 1 saturated heterocycles. The second-order valence-corrected chi connectivity index (χ2v) is 10.9. The van der Waals surface area contributed by atoms with Crippen molar-refractivity contribution < 1.29 is 9.22 Å². The van der Waals surface area contributed by atoms with Gasteiger partial charge in [-0.05, 0) is 42.1 Å². The summed E-state index contributed by atoms with van der Waals surface area (Å²) in [5.74, 6) is 0. The largest absolute Gasteiger partial charge is 0.409 e. The molecule has 0 aliphatic carbocycles. The first-order chi connectivity index (χ1) is 8.91. The van der Waals surface area contributed by atoms with Crippen LogP contribution in [0.4, 0.5) is 0 Å². The predicted molar refractivity (Wildman–Crippen MR) is 83.6 cm³/mol. The van der Waals surface area contributed by atoms with Gasteiger partial charge in [0.05, 0.1) is 0 Å². The molecule has 0 bridgehead atoms.